The number of aromatic nitrogens is 2. The Morgan fingerprint density at radius 3 is 2.62 bits per heavy atom. The van der Waals surface area contributed by atoms with Gasteiger partial charge >= 0.3 is 0 Å². The molecule has 5 rings (SSSR count). The molecule has 2 aliphatic rings. The molecule has 1 saturated heterocycles. The van der Waals surface area contributed by atoms with Crippen LogP contribution in [0, 0.1) is 11.7 Å². The van der Waals surface area contributed by atoms with Gasteiger partial charge < -0.3 is 5.32 Å². The van der Waals surface area contributed by atoms with Crippen molar-refractivity contribution in [3.05, 3.63) is 70.6 Å². The van der Waals surface area contributed by atoms with Crippen molar-refractivity contribution < 1.29 is 17.6 Å². The van der Waals surface area contributed by atoms with Gasteiger partial charge in [-0.05, 0) is 56.5 Å². The van der Waals surface area contributed by atoms with Crippen LogP contribution >= 0.6 is 11.6 Å². The van der Waals surface area contributed by atoms with Crippen molar-refractivity contribution in [3.8, 4) is 16.9 Å². The molecule has 1 aliphatic heterocycles. The molecule has 1 amide bonds. The van der Waals surface area contributed by atoms with Crippen molar-refractivity contribution in [1.29, 1.82) is 0 Å². The average molecular weight is 502 g/mol. The molecule has 34 heavy (non-hydrogen) atoms. The maximum Gasteiger partial charge on any atom is 0.223 e. The number of hydrogen-bond donors (Lipinski definition) is 1. The Kier molecular flexibility index (Phi) is 5.76. The minimum absolute atomic E-state index is 0.0339. The van der Waals surface area contributed by atoms with Gasteiger partial charge in [-0.15, -0.1) is 0 Å². The second-order valence-electron chi connectivity index (χ2n) is 9.47. The van der Waals surface area contributed by atoms with E-state index in [2.05, 4.69) is 5.32 Å². The summed E-state index contributed by atoms with van der Waals surface area (Å²) in [6, 6.07) is 13.6. The minimum Gasteiger partial charge on any atom is -0.350 e. The van der Waals surface area contributed by atoms with Gasteiger partial charge in [0, 0.05) is 29.2 Å². The molecule has 0 radical (unpaired) electrons. The smallest absolute Gasteiger partial charge is 0.223 e. The van der Waals surface area contributed by atoms with E-state index in [1.807, 2.05) is 24.3 Å². The lowest BCUT2D eigenvalue weighted by molar-refractivity contribution is -0.126. The number of rotatable bonds is 4. The van der Waals surface area contributed by atoms with Crippen LogP contribution in [0.15, 0.2) is 48.5 Å². The Morgan fingerprint density at radius 1 is 1.21 bits per heavy atom. The Bertz CT molecular complexity index is 1370. The number of amides is 1. The summed E-state index contributed by atoms with van der Waals surface area (Å²) in [7, 11) is -3.13. The van der Waals surface area contributed by atoms with Crippen molar-refractivity contribution in [2.24, 2.45) is 5.92 Å². The van der Waals surface area contributed by atoms with Gasteiger partial charge in [0.1, 0.15) is 5.82 Å². The van der Waals surface area contributed by atoms with Crippen molar-refractivity contribution in [2.75, 3.05) is 11.5 Å². The molecule has 9 heteroatoms. The molecule has 1 N–H and O–H groups in total. The number of benzene rings is 2. The summed E-state index contributed by atoms with van der Waals surface area (Å²) in [6.07, 6.45) is 2.11. The largest absolute Gasteiger partial charge is 0.350 e. The molecule has 2 atom stereocenters. The average Bonchev–Trinajstić information content (AvgIpc) is 3.30. The standard InChI is InChI=1S/C25H25ClFN3O3S/c1-25(12-13-34(32,33)15-25)28-24(31)16-6-11-20-22(14-16)30(18-9-7-17(27)8-10-18)29-23(20)19-4-2-3-5-21(19)26/h2-5,7-10,16H,6,11-15H2,1H3,(H,28,31). The zero-order valence-corrected chi connectivity index (χ0v) is 20.3. The van der Waals surface area contributed by atoms with E-state index in [9.17, 15) is 17.6 Å². The number of fused-ring (bicyclic) bond motifs is 1. The fourth-order valence-corrected chi connectivity index (χ4v) is 7.33. The van der Waals surface area contributed by atoms with E-state index in [4.69, 9.17) is 16.7 Å². The molecule has 2 unspecified atom stereocenters. The molecule has 0 saturated carbocycles. The Balaban J connectivity index is 1.50. The van der Waals surface area contributed by atoms with E-state index in [0.29, 0.717) is 36.4 Å². The SMILES string of the molecule is CC1(NC(=O)C2CCc3c(-c4ccccc4Cl)nn(-c4ccc(F)cc4)c3C2)CCS(=O)(=O)C1. The van der Waals surface area contributed by atoms with Gasteiger partial charge in [0.15, 0.2) is 9.84 Å². The number of sulfone groups is 1. The summed E-state index contributed by atoms with van der Waals surface area (Å²) in [5.74, 6) is -0.738. The fraction of sp³-hybridized carbons (Fsp3) is 0.360. The van der Waals surface area contributed by atoms with Crippen LogP contribution in [-0.4, -0.2) is 41.2 Å². The molecule has 0 spiro atoms. The topological polar surface area (TPSA) is 81.1 Å². The summed E-state index contributed by atoms with van der Waals surface area (Å²) >= 11 is 6.48. The Hall–Kier alpha value is -2.71. The van der Waals surface area contributed by atoms with E-state index in [0.717, 1.165) is 22.5 Å². The number of halogens is 2. The molecule has 1 aliphatic carbocycles. The van der Waals surface area contributed by atoms with E-state index in [1.54, 1.807) is 23.7 Å². The lowest BCUT2D eigenvalue weighted by Crippen LogP contribution is -2.50. The highest BCUT2D eigenvalue weighted by Gasteiger charge is 2.41. The molecular weight excluding hydrogens is 477 g/mol. The number of hydrogen-bond acceptors (Lipinski definition) is 4. The molecule has 3 aromatic rings. The first-order chi connectivity index (χ1) is 16.1. The highest BCUT2D eigenvalue weighted by Crippen LogP contribution is 2.38. The first-order valence-electron chi connectivity index (χ1n) is 11.3. The zero-order chi connectivity index (χ0) is 24.1. The van der Waals surface area contributed by atoms with Crippen LogP contribution < -0.4 is 5.32 Å². The van der Waals surface area contributed by atoms with Crippen molar-refractivity contribution in [2.45, 2.75) is 38.1 Å². The normalized spacial score (nSPS) is 23.4. The Labute approximate surface area is 203 Å². The number of nitrogens with one attached hydrogen (secondary N) is 1. The van der Waals surface area contributed by atoms with Crippen LogP contribution in [0.1, 0.15) is 31.0 Å². The molecule has 6 nitrogen and oxygen atoms in total. The van der Waals surface area contributed by atoms with E-state index >= 15 is 0 Å². The Morgan fingerprint density at radius 2 is 1.94 bits per heavy atom. The van der Waals surface area contributed by atoms with Crippen molar-refractivity contribution in [3.63, 3.8) is 0 Å². The number of nitrogens with zero attached hydrogens (tertiary/aromatic N) is 2. The zero-order valence-electron chi connectivity index (χ0n) is 18.7. The lowest BCUT2D eigenvalue weighted by Gasteiger charge is -2.29. The summed E-state index contributed by atoms with van der Waals surface area (Å²) < 4.78 is 39.3. The van der Waals surface area contributed by atoms with Crippen molar-refractivity contribution >= 4 is 27.3 Å². The van der Waals surface area contributed by atoms with E-state index in [1.165, 1.54) is 12.1 Å². The molecule has 2 aromatic carbocycles. The highest BCUT2D eigenvalue weighted by molar-refractivity contribution is 7.91. The van der Waals surface area contributed by atoms with Crippen LogP contribution in [0.2, 0.25) is 5.02 Å². The molecule has 1 aromatic heterocycles. The predicted molar refractivity (Wildman–Crippen MR) is 129 cm³/mol. The fourth-order valence-electron chi connectivity index (χ4n) is 5.01. The van der Waals surface area contributed by atoms with Gasteiger partial charge in [0.2, 0.25) is 5.91 Å². The van der Waals surface area contributed by atoms with Crippen LogP contribution in [0.3, 0.4) is 0 Å². The highest BCUT2D eigenvalue weighted by atomic mass is 35.5. The summed E-state index contributed by atoms with van der Waals surface area (Å²) in [4.78, 5) is 13.2. The monoisotopic (exact) mass is 501 g/mol. The quantitative estimate of drug-likeness (QED) is 0.583. The van der Waals surface area contributed by atoms with Gasteiger partial charge in [-0.1, -0.05) is 29.8 Å². The maximum atomic E-state index is 13.6. The molecular formula is C25H25ClFN3O3S. The minimum atomic E-state index is -3.13. The third kappa shape index (κ3) is 4.36. The first kappa shape index (κ1) is 23.1. The van der Waals surface area contributed by atoms with E-state index < -0.39 is 15.4 Å². The summed E-state index contributed by atoms with van der Waals surface area (Å²) in [6.45, 7) is 1.79. The van der Waals surface area contributed by atoms with Gasteiger partial charge in [0.05, 0.1) is 33.4 Å². The van der Waals surface area contributed by atoms with Gasteiger partial charge in [-0.25, -0.2) is 17.5 Å². The third-order valence-corrected chi connectivity index (χ3v) is 9.00. The van der Waals surface area contributed by atoms with Gasteiger partial charge in [-0.3, -0.25) is 4.79 Å². The second kappa shape index (κ2) is 8.50. The first-order valence-corrected chi connectivity index (χ1v) is 13.5. The predicted octanol–water partition coefficient (Wildman–Crippen LogP) is 4.13. The van der Waals surface area contributed by atoms with Gasteiger partial charge in [0.25, 0.3) is 0 Å². The lowest BCUT2D eigenvalue weighted by atomic mass is 9.84. The van der Waals surface area contributed by atoms with Crippen LogP contribution in [0.25, 0.3) is 16.9 Å². The van der Waals surface area contributed by atoms with Crippen LogP contribution in [0.5, 0.6) is 0 Å². The summed E-state index contributed by atoms with van der Waals surface area (Å²) in [5, 5.41) is 8.45. The van der Waals surface area contributed by atoms with Crippen LogP contribution in [-0.2, 0) is 27.5 Å². The van der Waals surface area contributed by atoms with Gasteiger partial charge in [-0.2, -0.15) is 5.10 Å². The number of carbonyl (C=O) groups is 1. The van der Waals surface area contributed by atoms with Crippen molar-refractivity contribution in [1.82, 2.24) is 15.1 Å². The second-order valence-corrected chi connectivity index (χ2v) is 12.1. The molecule has 1 fully saturated rings. The summed E-state index contributed by atoms with van der Waals surface area (Å²) in [5.41, 5.74) is 3.44. The molecule has 178 valence electrons. The maximum absolute atomic E-state index is 13.6. The van der Waals surface area contributed by atoms with E-state index in [-0.39, 0.29) is 29.1 Å². The molecule has 0 bridgehead atoms. The molecule has 2 heterocycles. The number of carbonyl (C=O) groups excluding carboxylic acids is 1. The van der Waals surface area contributed by atoms with Crippen LogP contribution in [0.4, 0.5) is 4.39 Å². The third-order valence-electron chi connectivity index (χ3n) is 6.77.